The van der Waals surface area contributed by atoms with Crippen molar-refractivity contribution in [2.24, 2.45) is 5.41 Å². The lowest BCUT2D eigenvalue weighted by atomic mass is 9.84. The molecule has 164 valence electrons. The summed E-state index contributed by atoms with van der Waals surface area (Å²) in [6, 6.07) is 9.28. The average molecular weight is 431 g/mol. The minimum Gasteiger partial charge on any atom is -0.469 e. The van der Waals surface area contributed by atoms with Gasteiger partial charge in [-0.2, -0.15) is 0 Å². The van der Waals surface area contributed by atoms with E-state index >= 15 is 0 Å². The molecular weight excluding hydrogens is 406 g/mol. The van der Waals surface area contributed by atoms with E-state index in [1.54, 1.807) is 18.3 Å². The summed E-state index contributed by atoms with van der Waals surface area (Å²) in [7, 11) is 1.42. The fourth-order valence-corrected chi connectivity index (χ4v) is 5.87. The fraction of sp³-hybridized carbons (Fsp3) is 0.440. The van der Waals surface area contributed by atoms with Crippen LogP contribution >= 0.6 is 0 Å². The lowest BCUT2D eigenvalue weighted by Crippen LogP contribution is -2.45. The Kier molecular flexibility index (Phi) is 4.04. The van der Waals surface area contributed by atoms with Gasteiger partial charge in [0.25, 0.3) is 11.5 Å². The zero-order valence-electron chi connectivity index (χ0n) is 18.0. The number of amides is 1. The third-order valence-electron chi connectivity index (χ3n) is 7.79. The van der Waals surface area contributed by atoms with Gasteiger partial charge in [-0.25, -0.2) is 4.98 Å². The van der Waals surface area contributed by atoms with Crippen LogP contribution < -0.4 is 10.9 Å². The van der Waals surface area contributed by atoms with Crippen molar-refractivity contribution in [1.82, 2.24) is 14.7 Å². The Bertz CT molecular complexity index is 1350. The molecule has 0 spiro atoms. The van der Waals surface area contributed by atoms with E-state index in [1.807, 2.05) is 18.2 Å². The molecule has 1 amide bonds. The Labute approximate surface area is 184 Å². The van der Waals surface area contributed by atoms with E-state index in [-0.39, 0.29) is 17.4 Å². The first-order valence-corrected chi connectivity index (χ1v) is 11.3. The highest BCUT2D eigenvalue weighted by atomic mass is 16.5. The number of hydrogen-bond donors (Lipinski definition) is 1. The zero-order chi connectivity index (χ0) is 22.1. The second-order valence-electron chi connectivity index (χ2n) is 9.77. The van der Waals surface area contributed by atoms with Crippen LogP contribution in [0.25, 0.3) is 16.6 Å². The third-order valence-corrected chi connectivity index (χ3v) is 7.79. The van der Waals surface area contributed by atoms with Crippen molar-refractivity contribution in [2.75, 3.05) is 7.11 Å². The largest absolute Gasteiger partial charge is 0.469 e. The molecule has 7 nitrogen and oxygen atoms in total. The SMILES string of the molecule is COC(=O)C12CCC(NC(=O)c3cccn4c(=O)c5cc(C6CC6)ccc5nc34)(CC1)C2. The third kappa shape index (κ3) is 2.80. The van der Waals surface area contributed by atoms with E-state index in [2.05, 4.69) is 5.32 Å². The summed E-state index contributed by atoms with van der Waals surface area (Å²) in [5.41, 5.74) is 1.46. The predicted molar refractivity (Wildman–Crippen MR) is 119 cm³/mol. The second kappa shape index (κ2) is 6.64. The molecule has 3 aliphatic carbocycles. The molecule has 1 N–H and O–H groups in total. The number of fused-ring (bicyclic) bond motifs is 4. The lowest BCUT2D eigenvalue weighted by molar-refractivity contribution is -0.152. The highest BCUT2D eigenvalue weighted by Gasteiger charge is 2.59. The normalized spacial score (nSPS) is 26.5. The van der Waals surface area contributed by atoms with Crippen molar-refractivity contribution < 1.29 is 14.3 Å². The van der Waals surface area contributed by atoms with Crippen LogP contribution in [0.4, 0.5) is 0 Å². The van der Waals surface area contributed by atoms with Gasteiger partial charge in [0.15, 0.2) is 5.65 Å². The molecule has 2 aromatic heterocycles. The Morgan fingerprint density at radius 3 is 2.66 bits per heavy atom. The van der Waals surface area contributed by atoms with E-state index in [0.717, 1.165) is 38.5 Å². The van der Waals surface area contributed by atoms with Gasteiger partial charge in [-0.15, -0.1) is 0 Å². The Balaban J connectivity index is 1.37. The molecular formula is C25H25N3O4. The molecule has 2 heterocycles. The molecule has 2 bridgehead atoms. The van der Waals surface area contributed by atoms with Crippen LogP contribution in [0.5, 0.6) is 0 Å². The lowest BCUT2D eigenvalue weighted by Gasteiger charge is -2.28. The monoisotopic (exact) mass is 431 g/mol. The minimum absolute atomic E-state index is 0.160. The molecule has 3 aromatic rings. The van der Waals surface area contributed by atoms with Gasteiger partial charge in [0.1, 0.15) is 0 Å². The fourth-order valence-electron chi connectivity index (χ4n) is 5.87. The number of aromatic nitrogens is 2. The average Bonchev–Trinajstić information content (AvgIpc) is 3.51. The number of nitrogens with one attached hydrogen (secondary N) is 1. The number of ether oxygens (including phenoxy) is 1. The van der Waals surface area contributed by atoms with Crippen molar-refractivity contribution in [2.45, 2.75) is 56.4 Å². The number of carbonyl (C=O) groups excluding carboxylic acids is 2. The molecule has 0 aliphatic heterocycles. The van der Waals surface area contributed by atoms with E-state index in [1.165, 1.54) is 17.1 Å². The first-order valence-electron chi connectivity index (χ1n) is 11.3. The number of pyridine rings is 1. The molecule has 1 aromatic carbocycles. The van der Waals surface area contributed by atoms with Crippen molar-refractivity contribution in [3.63, 3.8) is 0 Å². The molecule has 0 saturated heterocycles. The van der Waals surface area contributed by atoms with Gasteiger partial charge < -0.3 is 10.1 Å². The van der Waals surface area contributed by atoms with Gasteiger partial charge in [0.05, 0.1) is 29.0 Å². The van der Waals surface area contributed by atoms with Gasteiger partial charge in [-0.1, -0.05) is 6.07 Å². The molecule has 0 atom stereocenters. The highest BCUT2D eigenvalue weighted by Crippen LogP contribution is 2.57. The number of methoxy groups -OCH3 is 1. The van der Waals surface area contributed by atoms with Crippen LogP contribution in [0.2, 0.25) is 0 Å². The molecule has 0 radical (unpaired) electrons. The number of nitrogens with zero attached hydrogens (tertiary/aromatic N) is 2. The van der Waals surface area contributed by atoms with Crippen LogP contribution in [0.1, 0.15) is 66.8 Å². The van der Waals surface area contributed by atoms with Crippen molar-refractivity contribution in [3.05, 3.63) is 58.0 Å². The summed E-state index contributed by atoms with van der Waals surface area (Å²) in [6.07, 6.45) is 7.54. The summed E-state index contributed by atoms with van der Waals surface area (Å²) < 4.78 is 6.49. The summed E-state index contributed by atoms with van der Waals surface area (Å²) in [6.45, 7) is 0. The van der Waals surface area contributed by atoms with Crippen LogP contribution in [0.15, 0.2) is 41.3 Å². The van der Waals surface area contributed by atoms with Crippen LogP contribution in [-0.2, 0) is 9.53 Å². The van der Waals surface area contributed by atoms with Crippen LogP contribution in [-0.4, -0.2) is 33.9 Å². The van der Waals surface area contributed by atoms with Crippen LogP contribution in [0, 0.1) is 5.41 Å². The maximum Gasteiger partial charge on any atom is 0.311 e. The van der Waals surface area contributed by atoms with Gasteiger partial charge in [-0.05, 0) is 80.7 Å². The number of carbonyl (C=O) groups is 2. The Morgan fingerprint density at radius 2 is 1.94 bits per heavy atom. The maximum absolute atomic E-state index is 13.4. The van der Waals surface area contributed by atoms with Crippen molar-refractivity contribution in [1.29, 1.82) is 0 Å². The molecule has 0 unspecified atom stereocenters. The molecule has 32 heavy (non-hydrogen) atoms. The smallest absolute Gasteiger partial charge is 0.311 e. The summed E-state index contributed by atoms with van der Waals surface area (Å²) >= 11 is 0. The predicted octanol–water partition coefficient (Wildman–Crippen LogP) is 3.33. The summed E-state index contributed by atoms with van der Waals surface area (Å²) in [5, 5.41) is 3.77. The Morgan fingerprint density at radius 1 is 1.16 bits per heavy atom. The first kappa shape index (κ1) is 19.5. The molecule has 7 heteroatoms. The van der Waals surface area contributed by atoms with Gasteiger partial charge >= 0.3 is 5.97 Å². The zero-order valence-corrected chi connectivity index (χ0v) is 18.0. The Hall–Kier alpha value is -3.22. The molecule has 3 fully saturated rings. The van der Waals surface area contributed by atoms with Crippen LogP contribution in [0.3, 0.4) is 0 Å². The quantitative estimate of drug-likeness (QED) is 0.506. The van der Waals surface area contributed by atoms with Crippen molar-refractivity contribution >= 4 is 28.4 Å². The van der Waals surface area contributed by atoms with E-state index in [0.29, 0.717) is 34.5 Å². The van der Waals surface area contributed by atoms with Gasteiger partial charge in [0.2, 0.25) is 0 Å². The summed E-state index contributed by atoms with van der Waals surface area (Å²) in [5.74, 6) is 0.110. The van der Waals surface area contributed by atoms with E-state index < -0.39 is 11.0 Å². The number of esters is 1. The number of benzene rings is 1. The topological polar surface area (TPSA) is 89.8 Å². The maximum atomic E-state index is 13.4. The molecule has 6 rings (SSSR count). The number of rotatable bonds is 4. The summed E-state index contributed by atoms with van der Waals surface area (Å²) in [4.78, 5) is 43.6. The van der Waals surface area contributed by atoms with Gasteiger partial charge in [0, 0.05) is 11.7 Å². The molecule has 3 saturated carbocycles. The highest BCUT2D eigenvalue weighted by molar-refractivity contribution is 6.01. The minimum atomic E-state index is -0.481. The van der Waals surface area contributed by atoms with E-state index in [9.17, 15) is 14.4 Å². The van der Waals surface area contributed by atoms with Gasteiger partial charge in [-0.3, -0.25) is 18.8 Å². The number of hydrogen-bond acceptors (Lipinski definition) is 5. The standard InChI is InChI=1S/C25H25N3O4/c1-32-23(31)24-8-10-25(14-24,11-9-24)27-21(29)17-3-2-12-28-20(17)26-19-7-6-16(15-4-5-15)13-18(19)22(28)30/h2-3,6-7,12-13,15H,4-5,8-11,14H2,1H3,(H,27,29). The van der Waals surface area contributed by atoms with Crippen molar-refractivity contribution in [3.8, 4) is 0 Å². The molecule has 3 aliphatic rings. The first-order chi connectivity index (χ1) is 15.4. The van der Waals surface area contributed by atoms with E-state index in [4.69, 9.17) is 9.72 Å². The second-order valence-corrected chi connectivity index (χ2v) is 9.77.